The molecule has 1 saturated heterocycles. The molecule has 4 heterocycles. The van der Waals surface area contributed by atoms with Crippen molar-refractivity contribution in [1.82, 2.24) is 24.8 Å². The molecule has 0 spiro atoms. The van der Waals surface area contributed by atoms with Crippen molar-refractivity contribution in [3.05, 3.63) is 66.9 Å². The second kappa shape index (κ2) is 7.56. The fraction of sp³-hybridized carbons (Fsp3) is 0.190. The fourth-order valence-electron chi connectivity index (χ4n) is 3.50. The first-order valence-corrected chi connectivity index (χ1v) is 10.2. The van der Waals surface area contributed by atoms with Crippen LogP contribution in [-0.4, -0.2) is 56.9 Å². The molecule has 8 heteroatoms. The summed E-state index contributed by atoms with van der Waals surface area (Å²) in [5.41, 5.74) is 2.95. The number of anilines is 1. The molecular weight excluding hydrogens is 384 g/mol. The molecule has 0 atom stereocenters. The number of benzene rings is 1. The van der Waals surface area contributed by atoms with Crippen molar-refractivity contribution < 1.29 is 4.79 Å². The van der Waals surface area contributed by atoms with Gasteiger partial charge in [0.2, 0.25) is 0 Å². The van der Waals surface area contributed by atoms with Gasteiger partial charge in [0.25, 0.3) is 5.91 Å². The molecule has 4 aromatic rings. The van der Waals surface area contributed by atoms with Crippen LogP contribution in [0.25, 0.3) is 20.9 Å². The fourth-order valence-corrected chi connectivity index (χ4v) is 4.46. The van der Waals surface area contributed by atoms with Gasteiger partial charge in [-0.25, -0.2) is 15.0 Å². The van der Waals surface area contributed by atoms with Gasteiger partial charge in [-0.05, 0) is 24.3 Å². The van der Waals surface area contributed by atoms with E-state index in [-0.39, 0.29) is 5.91 Å². The Balaban J connectivity index is 1.38. The van der Waals surface area contributed by atoms with Gasteiger partial charge in [0, 0.05) is 56.7 Å². The van der Waals surface area contributed by atoms with E-state index in [0.717, 1.165) is 34.0 Å². The highest BCUT2D eigenvalue weighted by molar-refractivity contribution is 7.21. The van der Waals surface area contributed by atoms with E-state index in [0.29, 0.717) is 24.5 Å². The van der Waals surface area contributed by atoms with E-state index in [2.05, 4.69) is 24.8 Å². The van der Waals surface area contributed by atoms with Gasteiger partial charge in [-0.2, -0.15) is 0 Å². The Hall–Kier alpha value is -3.39. The summed E-state index contributed by atoms with van der Waals surface area (Å²) < 4.78 is 1.07. The Morgan fingerprint density at radius 1 is 0.897 bits per heavy atom. The maximum Gasteiger partial charge on any atom is 0.274 e. The summed E-state index contributed by atoms with van der Waals surface area (Å²) >= 11 is 1.53. The van der Waals surface area contributed by atoms with Gasteiger partial charge in [-0.15, -0.1) is 11.3 Å². The summed E-state index contributed by atoms with van der Waals surface area (Å²) in [7, 11) is 0. The zero-order chi connectivity index (χ0) is 19.6. The van der Waals surface area contributed by atoms with E-state index in [1.165, 1.54) is 11.3 Å². The number of amides is 1. The van der Waals surface area contributed by atoms with Crippen molar-refractivity contribution in [3.8, 4) is 10.7 Å². The van der Waals surface area contributed by atoms with E-state index in [4.69, 9.17) is 0 Å². The third-order valence-corrected chi connectivity index (χ3v) is 6.04. The average Bonchev–Trinajstić information content (AvgIpc) is 3.23. The largest absolute Gasteiger partial charge is 0.368 e. The normalized spacial score (nSPS) is 14.3. The summed E-state index contributed by atoms with van der Waals surface area (Å²) in [5, 5.41) is 0.720. The van der Waals surface area contributed by atoms with Crippen LogP contribution >= 0.6 is 11.3 Å². The third-order valence-electron chi connectivity index (χ3n) is 4.99. The van der Waals surface area contributed by atoms with Gasteiger partial charge in [0.15, 0.2) is 5.69 Å². The first kappa shape index (κ1) is 17.7. The number of nitrogens with zero attached hydrogens (tertiary/aromatic N) is 6. The van der Waals surface area contributed by atoms with Gasteiger partial charge in [0.05, 0.1) is 10.2 Å². The van der Waals surface area contributed by atoms with Crippen LogP contribution in [0.3, 0.4) is 0 Å². The maximum atomic E-state index is 13.2. The van der Waals surface area contributed by atoms with Crippen molar-refractivity contribution in [2.75, 3.05) is 31.1 Å². The second-order valence-electron chi connectivity index (χ2n) is 6.72. The molecule has 7 nitrogen and oxygen atoms in total. The van der Waals surface area contributed by atoms with E-state index < -0.39 is 0 Å². The number of piperazine rings is 1. The number of thiazole rings is 1. The molecule has 0 unspecified atom stereocenters. The molecule has 1 amide bonds. The SMILES string of the molecule is O=C(c1nccnc1-c1nc2ccccc2s1)N1CCN(c2ccncc2)CC1. The number of carbonyl (C=O) groups is 1. The lowest BCUT2D eigenvalue weighted by Crippen LogP contribution is -2.49. The van der Waals surface area contributed by atoms with E-state index >= 15 is 0 Å². The molecular formula is C21H18N6OS. The molecule has 1 aliphatic rings. The summed E-state index contributed by atoms with van der Waals surface area (Å²) in [5.74, 6) is -0.0956. The first-order chi connectivity index (χ1) is 14.3. The van der Waals surface area contributed by atoms with Crippen molar-refractivity contribution in [1.29, 1.82) is 0 Å². The lowest BCUT2D eigenvalue weighted by Gasteiger charge is -2.36. The molecule has 0 N–H and O–H groups in total. The Labute approximate surface area is 171 Å². The van der Waals surface area contributed by atoms with Crippen molar-refractivity contribution in [2.45, 2.75) is 0 Å². The van der Waals surface area contributed by atoms with Gasteiger partial charge in [-0.3, -0.25) is 9.78 Å². The third kappa shape index (κ3) is 3.42. The Morgan fingerprint density at radius 2 is 1.66 bits per heavy atom. The summed E-state index contributed by atoms with van der Waals surface area (Å²) in [6, 6.07) is 11.9. The summed E-state index contributed by atoms with van der Waals surface area (Å²) in [4.78, 5) is 34.9. The average molecular weight is 402 g/mol. The monoisotopic (exact) mass is 402 g/mol. The van der Waals surface area contributed by atoms with Crippen LogP contribution in [0.5, 0.6) is 0 Å². The molecule has 0 aliphatic carbocycles. The van der Waals surface area contributed by atoms with Crippen LogP contribution in [0.2, 0.25) is 0 Å². The van der Waals surface area contributed by atoms with Crippen LogP contribution < -0.4 is 4.90 Å². The number of rotatable bonds is 3. The quantitative estimate of drug-likeness (QED) is 0.524. The van der Waals surface area contributed by atoms with Crippen LogP contribution in [0.15, 0.2) is 61.2 Å². The molecule has 144 valence electrons. The predicted molar refractivity (Wildman–Crippen MR) is 113 cm³/mol. The number of fused-ring (bicyclic) bond motifs is 1. The number of carbonyl (C=O) groups excluding carboxylic acids is 1. The van der Waals surface area contributed by atoms with Gasteiger partial charge < -0.3 is 9.80 Å². The van der Waals surface area contributed by atoms with E-state index in [9.17, 15) is 4.79 Å². The van der Waals surface area contributed by atoms with Crippen LogP contribution in [0, 0.1) is 0 Å². The lowest BCUT2D eigenvalue weighted by molar-refractivity contribution is 0.0741. The van der Waals surface area contributed by atoms with E-state index in [1.54, 1.807) is 24.8 Å². The van der Waals surface area contributed by atoms with Crippen molar-refractivity contribution in [2.24, 2.45) is 0 Å². The zero-order valence-corrected chi connectivity index (χ0v) is 16.4. The Morgan fingerprint density at radius 3 is 2.45 bits per heavy atom. The molecule has 1 fully saturated rings. The zero-order valence-electron chi connectivity index (χ0n) is 15.6. The van der Waals surface area contributed by atoms with Crippen LogP contribution in [0.4, 0.5) is 5.69 Å². The van der Waals surface area contributed by atoms with Crippen molar-refractivity contribution in [3.63, 3.8) is 0 Å². The minimum absolute atomic E-state index is 0.0956. The molecule has 0 bridgehead atoms. The first-order valence-electron chi connectivity index (χ1n) is 9.41. The number of para-hydroxylation sites is 1. The van der Waals surface area contributed by atoms with Gasteiger partial charge in [-0.1, -0.05) is 12.1 Å². The van der Waals surface area contributed by atoms with Crippen LogP contribution in [-0.2, 0) is 0 Å². The highest BCUT2D eigenvalue weighted by atomic mass is 32.1. The predicted octanol–water partition coefficient (Wildman–Crippen LogP) is 3.11. The number of hydrogen-bond donors (Lipinski definition) is 0. The van der Waals surface area contributed by atoms with Crippen molar-refractivity contribution >= 4 is 33.1 Å². The minimum Gasteiger partial charge on any atom is -0.368 e. The molecule has 1 aliphatic heterocycles. The number of aromatic nitrogens is 4. The molecule has 29 heavy (non-hydrogen) atoms. The molecule has 3 aromatic heterocycles. The molecule has 1 aromatic carbocycles. The number of pyridine rings is 1. The highest BCUT2D eigenvalue weighted by Crippen LogP contribution is 2.30. The number of hydrogen-bond acceptors (Lipinski definition) is 7. The summed E-state index contributed by atoms with van der Waals surface area (Å²) in [6.45, 7) is 2.81. The van der Waals surface area contributed by atoms with Crippen LogP contribution in [0.1, 0.15) is 10.5 Å². The second-order valence-corrected chi connectivity index (χ2v) is 7.76. The molecule has 0 saturated carbocycles. The van der Waals surface area contributed by atoms with Gasteiger partial charge in [0.1, 0.15) is 10.7 Å². The Kier molecular flexibility index (Phi) is 4.61. The highest BCUT2D eigenvalue weighted by Gasteiger charge is 2.26. The topological polar surface area (TPSA) is 75.1 Å². The van der Waals surface area contributed by atoms with E-state index in [1.807, 2.05) is 41.3 Å². The molecule has 0 radical (unpaired) electrons. The maximum absolute atomic E-state index is 13.2. The lowest BCUT2D eigenvalue weighted by atomic mass is 10.2. The summed E-state index contributed by atoms with van der Waals surface area (Å²) in [6.07, 6.45) is 6.75. The van der Waals surface area contributed by atoms with Gasteiger partial charge >= 0.3 is 0 Å². The minimum atomic E-state index is -0.0956. The standard InChI is InChI=1S/C21H18N6OS/c28-21(27-13-11-26(12-14-27)15-5-7-22-8-6-15)19-18(23-9-10-24-19)20-25-16-3-1-2-4-17(16)29-20/h1-10H,11-14H2. The molecule has 5 rings (SSSR count). The smallest absolute Gasteiger partial charge is 0.274 e. The Bertz CT molecular complexity index is 1120.